The molecule has 0 saturated heterocycles. The summed E-state index contributed by atoms with van der Waals surface area (Å²) in [4.78, 5) is 2.47. The molecule has 3 atom stereocenters. The van der Waals surface area contributed by atoms with Crippen molar-refractivity contribution in [2.75, 3.05) is 13.6 Å². The van der Waals surface area contributed by atoms with Gasteiger partial charge in [-0.1, -0.05) is 36.2 Å². The van der Waals surface area contributed by atoms with Gasteiger partial charge in [0.1, 0.15) is 0 Å². The monoisotopic (exact) mass is 278 g/mol. The lowest BCUT2D eigenvalue weighted by Crippen LogP contribution is -2.55. The fourth-order valence-electron chi connectivity index (χ4n) is 4.33. The van der Waals surface area contributed by atoms with E-state index in [0.717, 1.165) is 29.9 Å². The maximum absolute atomic E-state index is 6.28. The van der Waals surface area contributed by atoms with Gasteiger partial charge >= 0.3 is 0 Å². The standard InChI is InChI=1S/C16H23ClN2/c1-19(10-13-4-2-3-5-15(13)17)16(11-18)9-12-6-7-14(16)8-12/h2-5,12,14H,6-11,18H2,1H3. The molecule has 2 bridgehead atoms. The number of benzene rings is 1. The Bertz CT molecular complexity index is 462. The van der Waals surface area contributed by atoms with Gasteiger partial charge in [-0.2, -0.15) is 0 Å². The first-order chi connectivity index (χ1) is 9.15. The van der Waals surface area contributed by atoms with Gasteiger partial charge in [0.2, 0.25) is 0 Å². The summed E-state index contributed by atoms with van der Waals surface area (Å²) in [7, 11) is 2.22. The second-order valence-electron chi connectivity index (χ2n) is 6.34. The third-order valence-electron chi connectivity index (χ3n) is 5.42. The van der Waals surface area contributed by atoms with Crippen LogP contribution in [0, 0.1) is 11.8 Å². The van der Waals surface area contributed by atoms with Gasteiger partial charge in [-0.3, -0.25) is 4.90 Å². The summed E-state index contributed by atoms with van der Waals surface area (Å²) in [5, 5.41) is 0.865. The number of fused-ring (bicyclic) bond motifs is 2. The van der Waals surface area contributed by atoms with Crippen molar-refractivity contribution < 1.29 is 0 Å². The number of nitrogens with two attached hydrogens (primary N) is 1. The molecule has 3 unspecified atom stereocenters. The average Bonchev–Trinajstić information content (AvgIpc) is 3.02. The van der Waals surface area contributed by atoms with E-state index in [2.05, 4.69) is 24.1 Å². The van der Waals surface area contributed by atoms with Crippen LogP contribution in [0.2, 0.25) is 5.02 Å². The van der Waals surface area contributed by atoms with Crippen molar-refractivity contribution >= 4 is 11.6 Å². The number of halogens is 1. The van der Waals surface area contributed by atoms with Crippen LogP contribution >= 0.6 is 11.6 Å². The predicted molar refractivity (Wildman–Crippen MR) is 80.2 cm³/mol. The van der Waals surface area contributed by atoms with Gasteiger partial charge in [0.15, 0.2) is 0 Å². The molecule has 0 spiro atoms. The molecule has 2 fully saturated rings. The van der Waals surface area contributed by atoms with Crippen molar-refractivity contribution in [2.24, 2.45) is 17.6 Å². The molecular formula is C16H23ClN2. The van der Waals surface area contributed by atoms with Crippen molar-refractivity contribution in [2.45, 2.75) is 37.8 Å². The molecule has 19 heavy (non-hydrogen) atoms. The predicted octanol–water partition coefficient (Wildman–Crippen LogP) is 3.29. The van der Waals surface area contributed by atoms with Gasteiger partial charge in [0.25, 0.3) is 0 Å². The minimum Gasteiger partial charge on any atom is -0.329 e. The number of hydrogen-bond acceptors (Lipinski definition) is 2. The highest BCUT2D eigenvalue weighted by molar-refractivity contribution is 6.31. The van der Waals surface area contributed by atoms with Crippen LogP contribution in [-0.2, 0) is 6.54 Å². The van der Waals surface area contributed by atoms with Crippen molar-refractivity contribution in [1.82, 2.24) is 4.90 Å². The number of rotatable bonds is 4. The molecule has 2 aliphatic carbocycles. The van der Waals surface area contributed by atoms with Crippen molar-refractivity contribution in [1.29, 1.82) is 0 Å². The molecule has 3 heteroatoms. The smallest absolute Gasteiger partial charge is 0.0451 e. The molecule has 1 aromatic carbocycles. The fourth-order valence-corrected chi connectivity index (χ4v) is 4.52. The van der Waals surface area contributed by atoms with Crippen LogP contribution in [0.5, 0.6) is 0 Å². The normalized spacial score (nSPS) is 33.3. The van der Waals surface area contributed by atoms with E-state index in [4.69, 9.17) is 17.3 Å². The fraction of sp³-hybridized carbons (Fsp3) is 0.625. The molecule has 0 aromatic heterocycles. The molecule has 3 rings (SSSR count). The van der Waals surface area contributed by atoms with Gasteiger partial charge in [-0.05, 0) is 49.8 Å². The highest BCUT2D eigenvalue weighted by atomic mass is 35.5. The molecule has 104 valence electrons. The zero-order valence-corrected chi connectivity index (χ0v) is 12.4. The number of nitrogens with zero attached hydrogens (tertiary/aromatic N) is 1. The van der Waals surface area contributed by atoms with Crippen LogP contribution in [0.15, 0.2) is 24.3 Å². The maximum Gasteiger partial charge on any atom is 0.0451 e. The maximum atomic E-state index is 6.28. The SMILES string of the molecule is CN(Cc1ccccc1Cl)C1(CN)CC2CCC1C2. The van der Waals surface area contributed by atoms with Crippen LogP contribution in [0.25, 0.3) is 0 Å². The van der Waals surface area contributed by atoms with Crippen LogP contribution in [0.3, 0.4) is 0 Å². The van der Waals surface area contributed by atoms with Crippen LogP contribution in [0.4, 0.5) is 0 Å². The Kier molecular flexibility index (Phi) is 3.59. The minimum atomic E-state index is 0.210. The van der Waals surface area contributed by atoms with Gasteiger partial charge in [0, 0.05) is 23.7 Å². The summed E-state index contributed by atoms with van der Waals surface area (Å²) in [6, 6.07) is 8.14. The summed E-state index contributed by atoms with van der Waals surface area (Å²) in [5.41, 5.74) is 7.59. The van der Waals surface area contributed by atoms with Gasteiger partial charge < -0.3 is 5.73 Å². The van der Waals surface area contributed by atoms with Gasteiger partial charge in [0.05, 0.1) is 0 Å². The first-order valence-corrected chi connectivity index (χ1v) is 7.68. The Morgan fingerprint density at radius 1 is 1.37 bits per heavy atom. The van der Waals surface area contributed by atoms with Crippen molar-refractivity contribution in [3.8, 4) is 0 Å². The van der Waals surface area contributed by atoms with Crippen LogP contribution in [-0.4, -0.2) is 24.0 Å². The molecule has 0 radical (unpaired) electrons. The Hall–Kier alpha value is -0.570. The molecule has 0 heterocycles. The third kappa shape index (κ3) is 2.20. The lowest BCUT2D eigenvalue weighted by Gasteiger charge is -2.44. The Balaban J connectivity index is 1.79. The quantitative estimate of drug-likeness (QED) is 0.916. The summed E-state index contributed by atoms with van der Waals surface area (Å²) in [6.45, 7) is 1.68. The number of hydrogen-bond donors (Lipinski definition) is 1. The summed E-state index contributed by atoms with van der Waals surface area (Å²) in [5.74, 6) is 1.69. The molecule has 2 nitrogen and oxygen atoms in total. The van der Waals surface area contributed by atoms with E-state index in [1.54, 1.807) is 0 Å². The first-order valence-electron chi connectivity index (χ1n) is 7.30. The Morgan fingerprint density at radius 2 is 2.16 bits per heavy atom. The van der Waals surface area contributed by atoms with E-state index in [0.29, 0.717) is 0 Å². The largest absolute Gasteiger partial charge is 0.329 e. The molecule has 1 aromatic rings. The highest BCUT2D eigenvalue weighted by Gasteiger charge is 2.52. The van der Waals surface area contributed by atoms with E-state index < -0.39 is 0 Å². The first kappa shape index (κ1) is 13.4. The molecule has 2 saturated carbocycles. The number of likely N-dealkylation sites (N-methyl/N-ethyl adjacent to an activating group) is 1. The zero-order valence-electron chi connectivity index (χ0n) is 11.6. The van der Waals surface area contributed by atoms with Gasteiger partial charge in [-0.25, -0.2) is 0 Å². The van der Waals surface area contributed by atoms with E-state index in [1.165, 1.54) is 31.2 Å². The van der Waals surface area contributed by atoms with Crippen molar-refractivity contribution in [3.63, 3.8) is 0 Å². The second-order valence-corrected chi connectivity index (χ2v) is 6.74. The van der Waals surface area contributed by atoms with E-state index >= 15 is 0 Å². The van der Waals surface area contributed by atoms with Crippen LogP contribution < -0.4 is 5.73 Å². The molecule has 2 aliphatic rings. The third-order valence-corrected chi connectivity index (χ3v) is 5.79. The van der Waals surface area contributed by atoms with Crippen LogP contribution in [0.1, 0.15) is 31.2 Å². The topological polar surface area (TPSA) is 29.3 Å². The van der Waals surface area contributed by atoms with E-state index in [1.807, 2.05) is 12.1 Å². The average molecular weight is 279 g/mol. The minimum absolute atomic E-state index is 0.210. The molecule has 0 aliphatic heterocycles. The molecule has 0 amide bonds. The lowest BCUT2D eigenvalue weighted by atomic mass is 9.79. The second kappa shape index (κ2) is 5.08. The van der Waals surface area contributed by atoms with Gasteiger partial charge in [-0.15, -0.1) is 0 Å². The summed E-state index contributed by atoms with van der Waals surface area (Å²) < 4.78 is 0. The molecule has 2 N–H and O–H groups in total. The Labute approximate surface area is 120 Å². The van der Waals surface area contributed by atoms with E-state index in [-0.39, 0.29) is 5.54 Å². The zero-order chi connectivity index (χ0) is 13.5. The summed E-state index contributed by atoms with van der Waals surface area (Å²) >= 11 is 6.28. The highest BCUT2D eigenvalue weighted by Crippen LogP contribution is 2.53. The molecular weight excluding hydrogens is 256 g/mol. The van der Waals surface area contributed by atoms with Crippen molar-refractivity contribution in [3.05, 3.63) is 34.9 Å². The Morgan fingerprint density at radius 3 is 2.74 bits per heavy atom. The van der Waals surface area contributed by atoms with E-state index in [9.17, 15) is 0 Å². The lowest BCUT2D eigenvalue weighted by molar-refractivity contribution is 0.0591. The summed E-state index contributed by atoms with van der Waals surface area (Å²) in [6.07, 6.45) is 5.42.